The lowest BCUT2D eigenvalue weighted by atomic mass is 10.0. The Morgan fingerprint density at radius 1 is 1.35 bits per heavy atom. The molecule has 1 aliphatic heterocycles. The SMILES string of the molecule is C=CCc1cc(-c2cccc(N)n2)c(OC)cc1OCCC1CCCN1. The number of nitrogens with two attached hydrogens (primary N) is 1. The zero-order valence-corrected chi connectivity index (χ0v) is 15.3. The Labute approximate surface area is 155 Å². The predicted octanol–water partition coefficient (Wildman–Crippen LogP) is 3.59. The summed E-state index contributed by atoms with van der Waals surface area (Å²) in [4.78, 5) is 4.42. The molecule has 3 N–H and O–H groups in total. The lowest BCUT2D eigenvalue weighted by Gasteiger charge is -2.17. The van der Waals surface area contributed by atoms with E-state index in [1.165, 1.54) is 12.8 Å². The summed E-state index contributed by atoms with van der Waals surface area (Å²) in [5, 5.41) is 3.50. The second kappa shape index (κ2) is 8.72. The molecule has 0 aliphatic carbocycles. The van der Waals surface area contributed by atoms with Gasteiger partial charge in [0.05, 0.1) is 19.4 Å². The van der Waals surface area contributed by atoms with Crippen molar-refractivity contribution in [2.45, 2.75) is 31.7 Å². The quantitative estimate of drug-likeness (QED) is 0.710. The summed E-state index contributed by atoms with van der Waals surface area (Å²) in [6.45, 7) is 5.66. The molecule has 2 aromatic rings. The lowest BCUT2D eigenvalue weighted by Crippen LogP contribution is -2.23. The molecule has 1 aromatic heterocycles. The maximum Gasteiger partial charge on any atom is 0.131 e. The molecule has 1 aromatic carbocycles. The topological polar surface area (TPSA) is 69.4 Å². The van der Waals surface area contributed by atoms with Crippen LogP contribution in [0.15, 0.2) is 43.0 Å². The molecule has 0 bridgehead atoms. The standard InChI is InChI=1S/C21H27N3O2/c1-3-6-15-13-17(18-8-4-9-21(22)24-18)20(25-2)14-19(15)26-12-10-16-7-5-11-23-16/h3-4,8-9,13-14,16,23H,1,5-7,10-12H2,2H3,(H2,22,24). The average Bonchev–Trinajstić information content (AvgIpc) is 3.16. The van der Waals surface area contributed by atoms with E-state index in [0.717, 1.165) is 47.7 Å². The fourth-order valence-electron chi connectivity index (χ4n) is 3.34. The van der Waals surface area contributed by atoms with E-state index in [-0.39, 0.29) is 0 Å². The van der Waals surface area contributed by atoms with Crippen molar-refractivity contribution in [2.24, 2.45) is 0 Å². The van der Waals surface area contributed by atoms with Gasteiger partial charge in [-0.25, -0.2) is 4.98 Å². The predicted molar refractivity (Wildman–Crippen MR) is 106 cm³/mol. The molecule has 0 radical (unpaired) electrons. The van der Waals surface area contributed by atoms with Crippen LogP contribution in [0.1, 0.15) is 24.8 Å². The van der Waals surface area contributed by atoms with E-state index in [4.69, 9.17) is 15.2 Å². The number of pyridine rings is 1. The van der Waals surface area contributed by atoms with Gasteiger partial charge in [0, 0.05) is 17.7 Å². The molecule has 5 heteroatoms. The Hall–Kier alpha value is -2.53. The van der Waals surface area contributed by atoms with E-state index < -0.39 is 0 Å². The number of methoxy groups -OCH3 is 1. The minimum atomic E-state index is 0.485. The molecule has 26 heavy (non-hydrogen) atoms. The highest BCUT2D eigenvalue weighted by Crippen LogP contribution is 2.36. The van der Waals surface area contributed by atoms with Gasteiger partial charge in [0.25, 0.3) is 0 Å². The molecule has 3 rings (SSSR count). The number of ether oxygens (including phenoxy) is 2. The van der Waals surface area contributed by atoms with Gasteiger partial charge in [0.15, 0.2) is 0 Å². The van der Waals surface area contributed by atoms with Crippen molar-refractivity contribution in [3.63, 3.8) is 0 Å². The van der Waals surface area contributed by atoms with Crippen LogP contribution in [0, 0.1) is 0 Å². The van der Waals surface area contributed by atoms with Crippen molar-refractivity contribution in [1.82, 2.24) is 10.3 Å². The van der Waals surface area contributed by atoms with E-state index in [2.05, 4.69) is 22.9 Å². The number of nitrogen functional groups attached to an aromatic ring is 1. The van der Waals surface area contributed by atoms with Crippen LogP contribution in [-0.4, -0.2) is 31.3 Å². The van der Waals surface area contributed by atoms with Gasteiger partial charge in [-0.05, 0) is 56.0 Å². The first kappa shape index (κ1) is 18.3. The highest BCUT2D eigenvalue weighted by Gasteiger charge is 2.16. The number of allylic oxidation sites excluding steroid dienone is 1. The van der Waals surface area contributed by atoms with Crippen LogP contribution in [-0.2, 0) is 6.42 Å². The summed E-state index contributed by atoms with van der Waals surface area (Å²) in [7, 11) is 1.66. The third kappa shape index (κ3) is 4.35. The molecule has 1 atom stereocenters. The molecule has 0 amide bonds. The number of nitrogens with one attached hydrogen (secondary N) is 1. The first-order valence-corrected chi connectivity index (χ1v) is 9.12. The summed E-state index contributed by atoms with van der Waals surface area (Å²) in [6, 6.07) is 10.2. The smallest absolute Gasteiger partial charge is 0.131 e. The first-order chi connectivity index (χ1) is 12.7. The van der Waals surface area contributed by atoms with E-state index in [0.29, 0.717) is 18.5 Å². The summed E-state index contributed by atoms with van der Waals surface area (Å²) in [5.74, 6) is 2.05. The Morgan fingerprint density at radius 3 is 2.92 bits per heavy atom. The normalized spacial score (nSPS) is 16.4. The first-order valence-electron chi connectivity index (χ1n) is 9.12. The summed E-state index contributed by atoms with van der Waals surface area (Å²) >= 11 is 0. The van der Waals surface area contributed by atoms with Gasteiger partial charge >= 0.3 is 0 Å². The number of aromatic nitrogens is 1. The highest BCUT2D eigenvalue weighted by molar-refractivity contribution is 5.71. The van der Waals surface area contributed by atoms with E-state index in [1.807, 2.05) is 24.3 Å². The van der Waals surface area contributed by atoms with Gasteiger partial charge in [0.1, 0.15) is 17.3 Å². The van der Waals surface area contributed by atoms with E-state index in [9.17, 15) is 0 Å². The number of hydrogen-bond donors (Lipinski definition) is 2. The van der Waals surface area contributed by atoms with Crippen molar-refractivity contribution in [3.8, 4) is 22.8 Å². The van der Waals surface area contributed by atoms with Crippen molar-refractivity contribution in [1.29, 1.82) is 0 Å². The zero-order valence-electron chi connectivity index (χ0n) is 15.3. The van der Waals surface area contributed by atoms with Crippen molar-refractivity contribution in [2.75, 3.05) is 26.0 Å². The van der Waals surface area contributed by atoms with Crippen LogP contribution in [0.5, 0.6) is 11.5 Å². The van der Waals surface area contributed by atoms with Crippen molar-refractivity contribution in [3.05, 3.63) is 48.6 Å². The number of rotatable bonds is 8. The number of hydrogen-bond acceptors (Lipinski definition) is 5. The Bertz CT molecular complexity index is 755. The van der Waals surface area contributed by atoms with E-state index >= 15 is 0 Å². The third-order valence-corrected chi connectivity index (χ3v) is 4.68. The van der Waals surface area contributed by atoms with Crippen molar-refractivity contribution >= 4 is 5.82 Å². The summed E-state index contributed by atoms with van der Waals surface area (Å²) in [6.07, 6.45) is 6.09. The fraction of sp³-hybridized carbons (Fsp3) is 0.381. The van der Waals surface area contributed by atoms with Crippen LogP contribution in [0.25, 0.3) is 11.3 Å². The molecule has 0 saturated carbocycles. The molecule has 5 nitrogen and oxygen atoms in total. The third-order valence-electron chi connectivity index (χ3n) is 4.68. The molecule has 1 saturated heterocycles. The Morgan fingerprint density at radius 2 is 2.23 bits per heavy atom. The fourth-order valence-corrected chi connectivity index (χ4v) is 3.34. The molecular formula is C21H27N3O2. The minimum Gasteiger partial charge on any atom is -0.496 e. The van der Waals surface area contributed by atoms with Crippen LogP contribution >= 0.6 is 0 Å². The summed E-state index contributed by atoms with van der Waals surface area (Å²) < 4.78 is 11.7. The van der Waals surface area contributed by atoms with Crippen LogP contribution in [0.4, 0.5) is 5.82 Å². The lowest BCUT2D eigenvalue weighted by molar-refractivity contribution is 0.288. The highest BCUT2D eigenvalue weighted by atomic mass is 16.5. The second-order valence-electron chi connectivity index (χ2n) is 6.53. The number of benzene rings is 1. The minimum absolute atomic E-state index is 0.485. The van der Waals surface area contributed by atoms with Gasteiger partial charge < -0.3 is 20.5 Å². The molecule has 0 spiro atoms. The van der Waals surface area contributed by atoms with Gasteiger partial charge in [0.2, 0.25) is 0 Å². The number of nitrogens with zero attached hydrogens (tertiary/aromatic N) is 1. The molecule has 1 aliphatic rings. The largest absolute Gasteiger partial charge is 0.496 e. The van der Waals surface area contributed by atoms with Gasteiger partial charge in [-0.3, -0.25) is 0 Å². The van der Waals surface area contributed by atoms with Crippen LogP contribution in [0.3, 0.4) is 0 Å². The van der Waals surface area contributed by atoms with Gasteiger partial charge in [-0.1, -0.05) is 12.1 Å². The molecular weight excluding hydrogens is 326 g/mol. The van der Waals surface area contributed by atoms with Crippen molar-refractivity contribution < 1.29 is 9.47 Å². The van der Waals surface area contributed by atoms with Crippen LogP contribution < -0.4 is 20.5 Å². The molecule has 1 unspecified atom stereocenters. The number of anilines is 1. The summed E-state index contributed by atoms with van der Waals surface area (Å²) in [5.41, 5.74) is 8.60. The second-order valence-corrected chi connectivity index (χ2v) is 6.53. The molecule has 1 fully saturated rings. The maximum absolute atomic E-state index is 6.10. The Balaban J connectivity index is 1.85. The maximum atomic E-state index is 6.10. The Kier molecular flexibility index (Phi) is 6.12. The molecule has 138 valence electrons. The monoisotopic (exact) mass is 353 g/mol. The van der Waals surface area contributed by atoms with Gasteiger partial charge in [-0.2, -0.15) is 0 Å². The van der Waals surface area contributed by atoms with Crippen LogP contribution in [0.2, 0.25) is 0 Å². The zero-order chi connectivity index (χ0) is 18.4. The van der Waals surface area contributed by atoms with E-state index in [1.54, 1.807) is 13.2 Å². The van der Waals surface area contributed by atoms with Gasteiger partial charge in [-0.15, -0.1) is 6.58 Å². The molecule has 2 heterocycles. The average molecular weight is 353 g/mol.